The van der Waals surface area contributed by atoms with Crippen molar-refractivity contribution in [2.75, 3.05) is 0 Å². The second kappa shape index (κ2) is 4.45. The molecular weight excluding hydrogens is 232 g/mol. The first-order valence-corrected chi connectivity index (χ1v) is 6.13. The number of hydrogen-bond acceptors (Lipinski definition) is 2. The second-order valence-electron chi connectivity index (χ2n) is 4.55. The molecule has 0 aromatic heterocycles. The first kappa shape index (κ1) is 12.0. The van der Waals surface area contributed by atoms with Crippen LogP contribution in [-0.4, -0.2) is 16.9 Å². The lowest BCUT2D eigenvalue weighted by Gasteiger charge is -2.19. The van der Waals surface area contributed by atoms with Crippen molar-refractivity contribution in [1.82, 2.24) is 5.32 Å². The zero-order valence-electron chi connectivity index (χ0n) is 9.77. The zero-order chi connectivity index (χ0) is 12.5. The van der Waals surface area contributed by atoms with Gasteiger partial charge in [-0.05, 0) is 25.3 Å². The molecule has 1 aromatic carbocycles. The van der Waals surface area contributed by atoms with E-state index < -0.39 is 0 Å². The van der Waals surface area contributed by atoms with Crippen molar-refractivity contribution in [3.8, 4) is 0 Å². The molecule has 0 aliphatic heterocycles. The van der Waals surface area contributed by atoms with Crippen LogP contribution in [0.4, 0.5) is 0 Å². The maximum Gasteiger partial charge on any atom is 0.231 e. The van der Waals surface area contributed by atoms with Crippen molar-refractivity contribution in [3.05, 3.63) is 35.9 Å². The Bertz CT molecular complexity index is 440. The first-order valence-electron chi connectivity index (χ1n) is 5.72. The van der Waals surface area contributed by atoms with Crippen LogP contribution in [0.3, 0.4) is 0 Å². The summed E-state index contributed by atoms with van der Waals surface area (Å²) in [6, 6.07) is 9.61. The lowest BCUT2D eigenvalue weighted by atomic mass is 9.95. The molecule has 1 fully saturated rings. The molecule has 1 aliphatic rings. The first-order chi connectivity index (χ1) is 8.06. The van der Waals surface area contributed by atoms with Gasteiger partial charge < -0.3 is 11.1 Å². The Labute approximate surface area is 106 Å². The Morgan fingerprint density at radius 3 is 2.47 bits per heavy atom. The quantitative estimate of drug-likeness (QED) is 0.794. The summed E-state index contributed by atoms with van der Waals surface area (Å²) in [7, 11) is 0. The van der Waals surface area contributed by atoms with Crippen molar-refractivity contribution >= 4 is 23.1 Å². The predicted octanol–water partition coefficient (Wildman–Crippen LogP) is 1.51. The van der Waals surface area contributed by atoms with E-state index in [9.17, 15) is 4.79 Å². The zero-order valence-corrected chi connectivity index (χ0v) is 10.6. The molecule has 1 amide bonds. The van der Waals surface area contributed by atoms with Crippen LogP contribution < -0.4 is 11.1 Å². The predicted molar refractivity (Wildman–Crippen MR) is 71.7 cm³/mol. The average Bonchev–Trinajstić information content (AvgIpc) is 3.11. The lowest BCUT2D eigenvalue weighted by molar-refractivity contribution is -0.123. The van der Waals surface area contributed by atoms with Gasteiger partial charge in [-0.1, -0.05) is 42.5 Å². The van der Waals surface area contributed by atoms with E-state index in [2.05, 4.69) is 5.32 Å². The largest absolute Gasteiger partial charge is 0.392 e. The fourth-order valence-electron chi connectivity index (χ4n) is 1.93. The Balaban J connectivity index is 2.12. The molecule has 1 saturated carbocycles. The third-order valence-corrected chi connectivity index (χ3v) is 3.64. The fourth-order valence-corrected chi connectivity index (χ4v) is 1.99. The van der Waals surface area contributed by atoms with Crippen LogP contribution in [0.25, 0.3) is 0 Å². The summed E-state index contributed by atoms with van der Waals surface area (Å²) >= 11 is 4.86. The summed E-state index contributed by atoms with van der Waals surface area (Å²) < 4.78 is 0. The smallest absolute Gasteiger partial charge is 0.231 e. The van der Waals surface area contributed by atoms with Crippen molar-refractivity contribution in [3.63, 3.8) is 0 Å². The Kier molecular flexibility index (Phi) is 3.15. The van der Waals surface area contributed by atoms with E-state index in [-0.39, 0.29) is 17.4 Å². The van der Waals surface area contributed by atoms with Gasteiger partial charge in [-0.15, -0.1) is 0 Å². The van der Waals surface area contributed by atoms with Gasteiger partial charge in [-0.25, -0.2) is 0 Å². The van der Waals surface area contributed by atoms with Gasteiger partial charge in [0.15, 0.2) is 0 Å². The highest BCUT2D eigenvalue weighted by atomic mass is 32.1. The SMILES string of the molecule is CC(NC(=O)C1(c2ccccc2)CC1)C(N)=S. The van der Waals surface area contributed by atoms with Crippen LogP contribution in [0.5, 0.6) is 0 Å². The number of benzene rings is 1. The van der Waals surface area contributed by atoms with Gasteiger partial charge in [-0.3, -0.25) is 4.79 Å². The third kappa shape index (κ3) is 2.31. The minimum Gasteiger partial charge on any atom is -0.392 e. The Hall–Kier alpha value is -1.42. The van der Waals surface area contributed by atoms with E-state index in [0.29, 0.717) is 4.99 Å². The highest BCUT2D eigenvalue weighted by Gasteiger charge is 2.51. The molecule has 0 spiro atoms. The molecule has 1 unspecified atom stereocenters. The summed E-state index contributed by atoms with van der Waals surface area (Å²) in [5.74, 6) is 0.0315. The molecule has 0 bridgehead atoms. The van der Waals surface area contributed by atoms with Gasteiger partial charge in [0.1, 0.15) is 0 Å². The van der Waals surface area contributed by atoms with Gasteiger partial charge in [0, 0.05) is 0 Å². The minimum atomic E-state index is -0.347. The maximum absolute atomic E-state index is 12.2. The van der Waals surface area contributed by atoms with E-state index in [0.717, 1.165) is 18.4 Å². The van der Waals surface area contributed by atoms with Crippen LogP contribution in [0.2, 0.25) is 0 Å². The summed E-state index contributed by atoms with van der Waals surface area (Å²) in [6.07, 6.45) is 1.79. The number of thiocarbonyl (C=S) groups is 1. The standard InChI is InChI=1S/C13H16N2OS/c1-9(11(14)17)15-12(16)13(7-8-13)10-5-3-2-4-6-10/h2-6,9H,7-8H2,1H3,(H2,14,17)(H,15,16). The lowest BCUT2D eigenvalue weighted by Crippen LogP contribution is -2.45. The van der Waals surface area contributed by atoms with E-state index in [4.69, 9.17) is 18.0 Å². The molecular formula is C13H16N2OS. The molecule has 3 N–H and O–H groups in total. The van der Waals surface area contributed by atoms with Gasteiger partial charge >= 0.3 is 0 Å². The number of nitrogens with one attached hydrogen (secondary N) is 1. The average molecular weight is 248 g/mol. The normalized spacial score (nSPS) is 18.2. The number of hydrogen-bond donors (Lipinski definition) is 2. The summed E-state index contributed by atoms with van der Waals surface area (Å²) in [5.41, 5.74) is 6.23. The molecule has 2 rings (SSSR count). The van der Waals surface area contributed by atoms with Gasteiger partial charge in [0.25, 0.3) is 0 Å². The van der Waals surface area contributed by atoms with E-state index in [1.165, 1.54) is 0 Å². The molecule has 90 valence electrons. The van der Waals surface area contributed by atoms with Crippen LogP contribution in [0, 0.1) is 0 Å². The number of carbonyl (C=O) groups is 1. The van der Waals surface area contributed by atoms with Crippen LogP contribution >= 0.6 is 12.2 Å². The van der Waals surface area contributed by atoms with Crippen molar-refractivity contribution in [2.24, 2.45) is 5.73 Å². The number of rotatable bonds is 4. The topological polar surface area (TPSA) is 55.1 Å². The summed E-state index contributed by atoms with van der Waals surface area (Å²) in [5, 5.41) is 2.88. The number of carbonyl (C=O) groups excluding carboxylic acids is 1. The minimum absolute atomic E-state index is 0.0315. The van der Waals surface area contributed by atoms with Crippen molar-refractivity contribution in [1.29, 1.82) is 0 Å². The molecule has 3 nitrogen and oxygen atoms in total. The fraction of sp³-hybridized carbons (Fsp3) is 0.385. The van der Waals surface area contributed by atoms with Crippen LogP contribution in [0.1, 0.15) is 25.3 Å². The molecule has 0 radical (unpaired) electrons. The summed E-state index contributed by atoms with van der Waals surface area (Å²) in [6.45, 7) is 1.81. The number of nitrogens with two attached hydrogens (primary N) is 1. The van der Waals surface area contributed by atoms with Gasteiger partial charge in [0.2, 0.25) is 5.91 Å². The van der Waals surface area contributed by atoms with E-state index in [1.54, 1.807) is 6.92 Å². The van der Waals surface area contributed by atoms with Gasteiger partial charge in [-0.2, -0.15) is 0 Å². The third-order valence-electron chi connectivity index (χ3n) is 3.29. The van der Waals surface area contributed by atoms with Crippen molar-refractivity contribution in [2.45, 2.75) is 31.2 Å². The van der Waals surface area contributed by atoms with Crippen molar-refractivity contribution < 1.29 is 4.79 Å². The molecule has 1 atom stereocenters. The maximum atomic E-state index is 12.2. The molecule has 1 aromatic rings. The van der Waals surface area contributed by atoms with E-state index in [1.807, 2.05) is 30.3 Å². The van der Waals surface area contributed by atoms with Gasteiger partial charge in [0.05, 0.1) is 16.4 Å². The molecule has 4 heteroatoms. The second-order valence-corrected chi connectivity index (χ2v) is 5.02. The number of amides is 1. The summed E-state index contributed by atoms with van der Waals surface area (Å²) in [4.78, 5) is 12.5. The van der Waals surface area contributed by atoms with Crippen LogP contribution in [-0.2, 0) is 10.2 Å². The molecule has 0 saturated heterocycles. The highest BCUT2D eigenvalue weighted by Crippen LogP contribution is 2.48. The van der Waals surface area contributed by atoms with E-state index >= 15 is 0 Å². The Morgan fingerprint density at radius 1 is 1.41 bits per heavy atom. The highest BCUT2D eigenvalue weighted by molar-refractivity contribution is 7.80. The molecule has 1 aliphatic carbocycles. The molecule has 0 heterocycles. The Morgan fingerprint density at radius 2 is 2.00 bits per heavy atom. The van der Waals surface area contributed by atoms with Crippen LogP contribution in [0.15, 0.2) is 30.3 Å². The monoisotopic (exact) mass is 248 g/mol. The molecule has 17 heavy (non-hydrogen) atoms.